The third-order valence-electron chi connectivity index (χ3n) is 6.08. The smallest absolute Gasteiger partial charge is 0.222 e. The maximum Gasteiger partial charge on any atom is 0.222 e. The fourth-order valence-corrected chi connectivity index (χ4v) is 4.48. The van der Waals surface area contributed by atoms with E-state index in [0.717, 1.165) is 28.3 Å². The number of amides is 1. The summed E-state index contributed by atoms with van der Waals surface area (Å²) in [6.07, 6.45) is -0.0649. The van der Waals surface area contributed by atoms with Crippen LogP contribution in [0, 0.1) is 0 Å². The van der Waals surface area contributed by atoms with Crippen LogP contribution < -0.4 is 19.7 Å². The fourth-order valence-electron chi connectivity index (χ4n) is 4.48. The molecular weight excluding hydrogens is 396 g/mol. The van der Waals surface area contributed by atoms with E-state index in [1.807, 2.05) is 50.5 Å². The molecule has 1 fully saturated rings. The summed E-state index contributed by atoms with van der Waals surface area (Å²) in [5.74, 6) is 1.58. The highest BCUT2D eigenvalue weighted by Gasteiger charge is 2.46. The predicted molar refractivity (Wildman–Crippen MR) is 118 cm³/mol. The lowest BCUT2D eigenvalue weighted by molar-refractivity contribution is -0.142. The molecule has 0 spiro atoms. The van der Waals surface area contributed by atoms with Crippen LogP contribution in [0.5, 0.6) is 11.5 Å². The monoisotopic (exact) mass is 426 g/mol. The number of hydrogen-bond acceptors (Lipinski definition) is 6. The van der Waals surface area contributed by atoms with Crippen molar-refractivity contribution in [3.8, 4) is 11.5 Å². The zero-order chi connectivity index (χ0) is 22.0. The van der Waals surface area contributed by atoms with Crippen molar-refractivity contribution in [2.24, 2.45) is 0 Å². The highest BCUT2D eigenvalue weighted by Crippen LogP contribution is 2.47. The lowest BCUT2D eigenvalue weighted by Gasteiger charge is -2.37. The number of carbonyl (C=O) groups excluding carboxylic acids is 1. The summed E-state index contributed by atoms with van der Waals surface area (Å²) in [6, 6.07) is 13.8. The Morgan fingerprint density at radius 3 is 2.81 bits per heavy atom. The molecule has 0 bridgehead atoms. The van der Waals surface area contributed by atoms with E-state index in [4.69, 9.17) is 14.2 Å². The van der Waals surface area contributed by atoms with Crippen molar-refractivity contribution in [2.45, 2.75) is 43.6 Å². The molecule has 2 aliphatic heterocycles. The van der Waals surface area contributed by atoms with Crippen LogP contribution in [-0.2, 0) is 16.1 Å². The Morgan fingerprint density at radius 1 is 1.26 bits per heavy atom. The van der Waals surface area contributed by atoms with Crippen molar-refractivity contribution >= 4 is 11.6 Å². The Kier molecular flexibility index (Phi) is 6.34. The van der Waals surface area contributed by atoms with E-state index in [1.165, 1.54) is 0 Å². The molecule has 2 heterocycles. The Balaban J connectivity index is 1.43. The van der Waals surface area contributed by atoms with Crippen LogP contribution in [-0.4, -0.2) is 57.1 Å². The summed E-state index contributed by atoms with van der Waals surface area (Å²) < 4.78 is 17.5. The van der Waals surface area contributed by atoms with Crippen molar-refractivity contribution in [3.05, 3.63) is 53.6 Å². The molecular formula is C24H30N2O5. The number of para-hydroxylation sites is 1. The number of rotatable bonds is 7. The highest BCUT2D eigenvalue weighted by atomic mass is 16.6. The molecule has 0 saturated carbocycles. The van der Waals surface area contributed by atoms with Gasteiger partial charge >= 0.3 is 0 Å². The molecule has 7 nitrogen and oxygen atoms in total. The molecule has 7 heteroatoms. The molecule has 166 valence electrons. The van der Waals surface area contributed by atoms with Gasteiger partial charge in [0.25, 0.3) is 0 Å². The second-order valence-corrected chi connectivity index (χ2v) is 8.31. The first-order valence-corrected chi connectivity index (χ1v) is 10.6. The molecule has 2 N–H and O–H groups in total. The van der Waals surface area contributed by atoms with E-state index < -0.39 is 6.10 Å². The van der Waals surface area contributed by atoms with Gasteiger partial charge in [-0.25, -0.2) is 0 Å². The maximum absolute atomic E-state index is 12.6. The average molecular weight is 427 g/mol. The van der Waals surface area contributed by atoms with Gasteiger partial charge in [-0.3, -0.25) is 4.79 Å². The molecule has 31 heavy (non-hydrogen) atoms. The number of nitrogens with zero attached hydrogens (tertiary/aromatic N) is 1. The summed E-state index contributed by atoms with van der Waals surface area (Å²) in [5.41, 5.74) is 3.14. The van der Waals surface area contributed by atoms with Gasteiger partial charge in [0.1, 0.15) is 23.7 Å². The third kappa shape index (κ3) is 4.48. The molecule has 1 amide bonds. The van der Waals surface area contributed by atoms with Gasteiger partial charge in [-0.05, 0) is 30.7 Å². The minimum Gasteiger partial charge on any atom is -0.496 e. The van der Waals surface area contributed by atoms with Crippen molar-refractivity contribution in [3.63, 3.8) is 0 Å². The van der Waals surface area contributed by atoms with Crippen molar-refractivity contribution in [1.82, 2.24) is 5.32 Å². The van der Waals surface area contributed by atoms with Crippen molar-refractivity contribution in [1.29, 1.82) is 0 Å². The van der Waals surface area contributed by atoms with E-state index in [-0.39, 0.29) is 37.1 Å². The highest BCUT2D eigenvalue weighted by molar-refractivity contribution is 5.76. The summed E-state index contributed by atoms with van der Waals surface area (Å²) >= 11 is 0. The van der Waals surface area contributed by atoms with Crippen LogP contribution in [0.3, 0.4) is 0 Å². The number of nitrogens with one attached hydrogen (secondary N) is 1. The summed E-state index contributed by atoms with van der Waals surface area (Å²) in [7, 11) is 5.62. The second-order valence-electron chi connectivity index (χ2n) is 8.31. The quantitative estimate of drug-likeness (QED) is 0.708. The van der Waals surface area contributed by atoms with Crippen molar-refractivity contribution < 1.29 is 24.1 Å². The van der Waals surface area contributed by atoms with Crippen LogP contribution in [0.25, 0.3) is 0 Å². The summed E-state index contributed by atoms with van der Waals surface area (Å²) in [4.78, 5) is 14.7. The van der Waals surface area contributed by atoms with Gasteiger partial charge < -0.3 is 29.5 Å². The Bertz CT molecular complexity index is 932. The minimum absolute atomic E-state index is 0.0905. The number of fused-ring (bicyclic) bond motifs is 3. The van der Waals surface area contributed by atoms with Gasteiger partial charge in [-0.15, -0.1) is 0 Å². The van der Waals surface area contributed by atoms with E-state index in [2.05, 4.69) is 16.3 Å². The van der Waals surface area contributed by atoms with Gasteiger partial charge in [-0.2, -0.15) is 0 Å². The van der Waals surface area contributed by atoms with Gasteiger partial charge in [0, 0.05) is 43.4 Å². The summed E-state index contributed by atoms with van der Waals surface area (Å²) in [5, 5.41) is 12.9. The first kappa shape index (κ1) is 21.5. The molecule has 1 saturated heterocycles. The lowest BCUT2D eigenvalue weighted by Crippen LogP contribution is -2.47. The number of ether oxygens (including phenoxy) is 3. The summed E-state index contributed by atoms with van der Waals surface area (Å²) in [6.45, 7) is 0.248. The van der Waals surface area contributed by atoms with Crippen molar-refractivity contribution in [2.75, 3.05) is 32.7 Å². The molecule has 0 unspecified atom stereocenters. The van der Waals surface area contributed by atoms with Gasteiger partial charge in [0.15, 0.2) is 0 Å². The van der Waals surface area contributed by atoms with E-state index in [9.17, 15) is 9.90 Å². The van der Waals surface area contributed by atoms with E-state index >= 15 is 0 Å². The standard InChI is InChI=1S/C24H30N2O5/c1-26(2)16-8-9-21-18(10-16)19-11-17(30-22(14-27)24(19)31-21)12-23(28)25-13-15-6-4-5-7-20(15)29-3/h4-10,17,19,22,24,27H,11-14H2,1-3H3,(H,25,28)/t17-,19+,22-,24-/m0/s1. The molecule has 0 aliphatic carbocycles. The Labute approximate surface area is 182 Å². The number of anilines is 1. The number of aliphatic hydroxyl groups is 1. The maximum atomic E-state index is 12.6. The molecule has 0 aromatic heterocycles. The van der Waals surface area contributed by atoms with Crippen LogP contribution >= 0.6 is 0 Å². The topological polar surface area (TPSA) is 80.3 Å². The van der Waals surface area contributed by atoms with E-state index in [1.54, 1.807) is 7.11 Å². The number of hydrogen-bond donors (Lipinski definition) is 2. The third-order valence-corrected chi connectivity index (χ3v) is 6.08. The van der Waals surface area contributed by atoms with Crippen LogP contribution in [0.2, 0.25) is 0 Å². The van der Waals surface area contributed by atoms with Crippen LogP contribution in [0.1, 0.15) is 29.9 Å². The van der Waals surface area contributed by atoms with Gasteiger partial charge in [0.2, 0.25) is 5.91 Å². The predicted octanol–water partition coefficient (Wildman–Crippen LogP) is 2.46. The van der Waals surface area contributed by atoms with Gasteiger partial charge in [-0.1, -0.05) is 18.2 Å². The second kappa shape index (κ2) is 9.16. The molecule has 4 rings (SSSR count). The molecule has 0 radical (unpaired) electrons. The average Bonchev–Trinajstić information content (AvgIpc) is 3.15. The largest absolute Gasteiger partial charge is 0.496 e. The van der Waals surface area contributed by atoms with E-state index in [0.29, 0.717) is 13.0 Å². The molecule has 4 atom stereocenters. The first-order chi connectivity index (χ1) is 15.0. The zero-order valence-corrected chi connectivity index (χ0v) is 18.2. The molecule has 2 aliphatic rings. The number of methoxy groups -OCH3 is 1. The van der Waals surface area contributed by atoms with Gasteiger partial charge in [0.05, 0.1) is 26.2 Å². The molecule has 2 aromatic carbocycles. The molecule has 2 aromatic rings. The number of benzene rings is 2. The Hall–Kier alpha value is -2.77. The fraction of sp³-hybridized carbons (Fsp3) is 0.458. The first-order valence-electron chi connectivity index (χ1n) is 10.6. The van der Waals surface area contributed by atoms with Crippen LogP contribution in [0.4, 0.5) is 5.69 Å². The lowest BCUT2D eigenvalue weighted by atomic mass is 9.84. The SMILES string of the molecule is COc1ccccc1CNC(=O)C[C@@H]1C[C@@H]2c3cc(N(C)C)ccc3O[C@@H]2[C@H](CO)O1. The minimum atomic E-state index is -0.457. The number of aliphatic hydroxyl groups excluding tert-OH is 1. The number of carbonyl (C=O) groups is 1. The van der Waals surface area contributed by atoms with Crippen LogP contribution in [0.15, 0.2) is 42.5 Å². The normalized spacial score (nSPS) is 24.0. The Morgan fingerprint density at radius 2 is 2.06 bits per heavy atom. The zero-order valence-electron chi connectivity index (χ0n) is 18.2.